The Balaban J connectivity index is 1.42. The van der Waals surface area contributed by atoms with Gasteiger partial charge in [-0.2, -0.15) is 4.31 Å². The van der Waals surface area contributed by atoms with Gasteiger partial charge in [0, 0.05) is 37.7 Å². The number of piperazine rings is 1. The number of benzene rings is 2. The molecule has 0 aromatic heterocycles. The zero-order chi connectivity index (χ0) is 20.0. The number of halogens is 1. The maximum Gasteiger partial charge on any atom is 0.243 e. The summed E-state index contributed by atoms with van der Waals surface area (Å²) in [5.41, 5.74) is 1.08. The minimum absolute atomic E-state index is 0.0543. The summed E-state index contributed by atoms with van der Waals surface area (Å²) in [6, 6.07) is 16.0. The molecule has 1 heterocycles. The molecule has 1 aliphatic heterocycles. The van der Waals surface area contributed by atoms with Crippen LogP contribution in [0.4, 0.5) is 0 Å². The number of nitrogens with zero attached hydrogens (tertiary/aromatic N) is 2. The van der Waals surface area contributed by atoms with E-state index in [2.05, 4.69) is 5.32 Å². The molecule has 6 nitrogen and oxygen atoms in total. The first-order valence-electron chi connectivity index (χ1n) is 9.24. The number of rotatable bonds is 7. The van der Waals surface area contributed by atoms with Crippen LogP contribution < -0.4 is 5.32 Å². The summed E-state index contributed by atoms with van der Waals surface area (Å²) in [4.78, 5) is 14.4. The first-order chi connectivity index (χ1) is 13.4. The van der Waals surface area contributed by atoms with E-state index in [1.807, 2.05) is 29.2 Å². The highest BCUT2D eigenvalue weighted by Gasteiger charge is 2.28. The highest BCUT2D eigenvalue weighted by Crippen LogP contribution is 2.17. The van der Waals surface area contributed by atoms with Crippen LogP contribution in [0.3, 0.4) is 0 Å². The van der Waals surface area contributed by atoms with Gasteiger partial charge < -0.3 is 5.32 Å². The molecule has 0 bridgehead atoms. The van der Waals surface area contributed by atoms with Gasteiger partial charge in [-0.25, -0.2) is 8.42 Å². The molecule has 0 spiro atoms. The average molecular weight is 422 g/mol. The standard InChI is InChI=1S/C20H24ClN3O3S/c21-18-6-4-5-17(15-18)9-10-22-20(25)16-23-11-13-24(14-12-23)28(26,27)19-7-2-1-3-8-19/h1-8,15H,9-14,16H2,(H,22,25). The Morgan fingerprint density at radius 1 is 1.00 bits per heavy atom. The van der Waals surface area contributed by atoms with Crippen molar-refractivity contribution < 1.29 is 13.2 Å². The number of hydrogen-bond donors (Lipinski definition) is 1. The van der Waals surface area contributed by atoms with E-state index in [0.717, 1.165) is 12.0 Å². The first kappa shape index (κ1) is 20.8. The molecule has 0 unspecified atom stereocenters. The predicted octanol–water partition coefficient (Wildman–Crippen LogP) is 2.01. The number of nitrogens with one attached hydrogen (secondary N) is 1. The zero-order valence-electron chi connectivity index (χ0n) is 15.6. The number of carbonyl (C=O) groups is 1. The van der Waals surface area contributed by atoms with E-state index in [4.69, 9.17) is 11.6 Å². The van der Waals surface area contributed by atoms with Crippen molar-refractivity contribution in [2.45, 2.75) is 11.3 Å². The molecule has 2 aromatic rings. The molecule has 0 atom stereocenters. The predicted molar refractivity (Wildman–Crippen MR) is 110 cm³/mol. The minimum atomic E-state index is -3.47. The lowest BCUT2D eigenvalue weighted by atomic mass is 10.1. The van der Waals surface area contributed by atoms with Crippen molar-refractivity contribution in [2.24, 2.45) is 0 Å². The number of sulfonamides is 1. The number of carbonyl (C=O) groups excluding carboxylic acids is 1. The summed E-state index contributed by atoms with van der Waals surface area (Å²) in [5.74, 6) is -0.0543. The summed E-state index contributed by atoms with van der Waals surface area (Å²) in [6.45, 7) is 2.65. The lowest BCUT2D eigenvalue weighted by molar-refractivity contribution is -0.122. The molecular weight excluding hydrogens is 398 g/mol. The summed E-state index contributed by atoms with van der Waals surface area (Å²) < 4.78 is 26.8. The molecule has 1 N–H and O–H groups in total. The van der Waals surface area contributed by atoms with E-state index >= 15 is 0 Å². The van der Waals surface area contributed by atoms with Gasteiger partial charge in [0.05, 0.1) is 11.4 Å². The van der Waals surface area contributed by atoms with E-state index in [-0.39, 0.29) is 12.5 Å². The summed E-state index contributed by atoms with van der Waals surface area (Å²) in [7, 11) is -3.47. The first-order valence-corrected chi connectivity index (χ1v) is 11.1. The maximum atomic E-state index is 12.6. The molecule has 1 fully saturated rings. The van der Waals surface area contributed by atoms with Crippen molar-refractivity contribution in [1.82, 2.24) is 14.5 Å². The summed E-state index contributed by atoms with van der Waals surface area (Å²) in [6.07, 6.45) is 0.718. The Morgan fingerprint density at radius 2 is 1.71 bits per heavy atom. The molecule has 1 saturated heterocycles. The fourth-order valence-corrected chi connectivity index (χ4v) is 4.82. The van der Waals surface area contributed by atoms with Gasteiger partial charge in [-0.1, -0.05) is 41.9 Å². The fourth-order valence-electron chi connectivity index (χ4n) is 3.17. The lowest BCUT2D eigenvalue weighted by Gasteiger charge is -2.33. The third-order valence-electron chi connectivity index (χ3n) is 4.70. The van der Waals surface area contributed by atoms with Crippen LogP contribution in [-0.4, -0.2) is 62.8 Å². The van der Waals surface area contributed by atoms with Crippen LogP contribution in [0.5, 0.6) is 0 Å². The SMILES string of the molecule is O=C(CN1CCN(S(=O)(=O)c2ccccc2)CC1)NCCc1cccc(Cl)c1. The van der Waals surface area contributed by atoms with Crippen molar-refractivity contribution >= 4 is 27.5 Å². The van der Waals surface area contributed by atoms with Crippen LogP contribution >= 0.6 is 11.6 Å². The third-order valence-corrected chi connectivity index (χ3v) is 6.85. The molecule has 8 heteroatoms. The Bertz CT molecular complexity index is 898. The van der Waals surface area contributed by atoms with E-state index in [1.165, 1.54) is 4.31 Å². The van der Waals surface area contributed by atoms with Gasteiger partial charge in [0.1, 0.15) is 0 Å². The molecule has 150 valence electrons. The summed E-state index contributed by atoms with van der Waals surface area (Å²) in [5, 5.41) is 3.60. The molecule has 1 aliphatic rings. The molecule has 0 saturated carbocycles. The van der Waals surface area contributed by atoms with Crippen molar-refractivity contribution in [1.29, 1.82) is 0 Å². The Morgan fingerprint density at radius 3 is 2.39 bits per heavy atom. The number of amides is 1. The topological polar surface area (TPSA) is 69.7 Å². The van der Waals surface area contributed by atoms with Gasteiger partial charge in [0.2, 0.25) is 15.9 Å². The van der Waals surface area contributed by atoms with Crippen LogP contribution in [0.25, 0.3) is 0 Å². The van der Waals surface area contributed by atoms with Gasteiger partial charge in [0.15, 0.2) is 0 Å². The minimum Gasteiger partial charge on any atom is -0.355 e. The van der Waals surface area contributed by atoms with Crippen molar-refractivity contribution in [3.63, 3.8) is 0 Å². The van der Waals surface area contributed by atoms with Crippen LogP contribution in [0.1, 0.15) is 5.56 Å². The van der Waals surface area contributed by atoms with E-state index in [9.17, 15) is 13.2 Å². The van der Waals surface area contributed by atoms with E-state index in [1.54, 1.807) is 30.3 Å². The highest BCUT2D eigenvalue weighted by atomic mass is 35.5. The molecule has 0 radical (unpaired) electrons. The zero-order valence-corrected chi connectivity index (χ0v) is 17.1. The Labute approximate surface area is 171 Å². The molecule has 2 aromatic carbocycles. The van der Waals surface area contributed by atoms with E-state index in [0.29, 0.717) is 42.6 Å². The van der Waals surface area contributed by atoms with Crippen molar-refractivity contribution in [3.05, 3.63) is 65.2 Å². The van der Waals surface area contributed by atoms with Crippen LogP contribution in [-0.2, 0) is 21.2 Å². The van der Waals surface area contributed by atoms with Gasteiger partial charge in [-0.15, -0.1) is 0 Å². The van der Waals surface area contributed by atoms with Gasteiger partial charge >= 0.3 is 0 Å². The van der Waals surface area contributed by atoms with Gasteiger partial charge in [-0.3, -0.25) is 9.69 Å². The highest BCUT2D eigenvalue weighted by molar-refractivity contribution is 7.89. The normalized spacial score (nSPS) is 16.0. The van der Waals surface area contributed by atoms with E-state index < -0.39 is 10.0 Å². The van der Waals surface area contributed by atoms with Crippen LogP contribution in [0.15, 0.2) is 59.5 Å². The van der Waals surface area contributed by atoms with Gasteiger partial charge in [0.25, 0.3) is 0 Å². The van der Waals surface area contributed by atoms with Gasteiger partial charge in [-0.05, 0) is 36.2 Å². The van der Waals surface area contributed by atoms with Crippen molar-refractivity contribution in [2.75, 3.05) is 39.3 Å². The Kier molecular flexibility index (Phi) is 7.07. The fraction of sp³-hybridized carbons (Fsp3) is 0.350. The Hall–Kier alpha value is -1.93. The lowest BCUT2D eigenvalue weighted by Crippen LogP contribution is -2.51. The largest absolute Gasteiger partial charge is 0.355 e. The second-order valence-electron chi connectivity index (χ2n) is 6.72. The molecular formula is C20H24ClN3O3S. The average Bonchev–Trinajstić information content (AvgIpc) is 2.69. The summed E-state index contributed by atoms with van der Waals surface area (Å²) >= 11 is 5.96. The van der Waals surface area contributed by atoms with Crippen LogP contribution in [0, 0.1) is 0 Å². The molecule has 28 heavy (non-hydrogen) atoms. The van der Waals surface area contributed by atoms with Crippen LogP contribution in [0.2, 0.25) is 5.02 Å². The molecule has 1 amide bonds. The maximum absolute atomic E-state index is 12.6. The third kappa shape index (κ3) is 5.54. The molecule has 0 aliphatic carbocycles. The van der Waals surface area contributed by atoms with Crippen molar-refractivity contribution in [3.8, 4) is 0 Å². The smallest absolute Gasteiger partial charge is 0.243 e. The second kappa shape index (κ2) is 9.52. The monoisotopic (exact) mass is 421 g/mol. The molecule has 3 rings (SSSR count). The second-order valence-corrected chi connectivity index (χ2v) is 9.10. The number of hydrogen-bond acceptors (Lipinski definition) is 4. The quantitative estimate of drug-likeness (QED) is 0.742.